The van der Waals surface area contributed by atoms with Crippen molar-refractivity contribution in [1.82, 2.24) is 9.78 Å². The molecule has 0 unspecified atom stereocenters. The van der Waals surface area contributed by atoms with E-state index in [9.17, 15) is 31.1 Å². The Labute approximate surface area is 178 Å². The van der Waals surface area contributed by atoms with Gasteiger partial charge >= 0.3 is 12.4 Å². The molecule has 1 N–H and O–H groups in total. The van der Waals surface area contributed by atoms with Gasteiger partial charge in [0.2, 0.25) is 0 Å². The van der Waals surface area contributed by atoms with E-state index in [-0.39, 0.29) is 16.8 Å². The Balaban J connectivity index is 1.61. The predicted octanol–water partition coefficient (Wildman–Crippen LogP) is 6.04. The van der Waals surface area contributed by atoms with Crippen LogP contribution in [-0.2, 0) is 25.2 Å². The number of amides is 1. The van der Waals surface area contributed by atoms with Gasteiger partial charge in [-0.15, -0.1) is 0 Å². The molecular formula is C22H17F6N3O. The summed E-state index contributed by atoms with van der Waals surface area (Å²) in [5.41, 5.74) is -1.20. The lowest BCUT2D eigenvalue weighted by atomic mass is 9.95. The van der Waals surface area contributed by atoms with Crippen LogP contribution in [0.4, 0.5) is 32.0 Å². The molecule has 1 aliphatic carbocycles. The molecule has 0 saturated heterocycles. The van der Waals surface area contributed by atoms with Gasteiger partial charge < -0.3 is 5.32 Å². The Bertz CT molecular complexity index is 1150. The Hall–Kier alpha value is -3.30. The second-order valence-corrected chi connectivity index (χ2v) is 7.43. The van der Waals surface area contributed by atoms with Crippen molar-refractivity contribution in [3.05, 3.63) is 76.6 Å². The van der Waals surface area contributed by atoms with Gasteiger partial charge in [0, 0.05) is 16.8 Å². The van der Waals surface area contributed by atoms with E-state index in [0.717, 1.165) is 18.6 Å². The lowest BCUT2D eigenvalue weighted by Crippen LogP contribution is -2.16. The van der Waals surface area contributed by atoms with Crippen molar-refractivity contribution in [3.63, 3.8) is 0 Å². The number of rotatable bonds is 3. The third-order valence-electron chi connectivity index (χ3n) is 5.30. The van der Waals surface area contributed by atoms with Crippen LogP contribution < -0.4 is 5.32 Å². The van der Waals surface area contributed by atoms with Crippen LogP contribution in [0.25, 0.3) is 5.69 Å². The van der Waals surface area contributed by atoms with E-state index in [0.29, 0.717) is 30.6 Å². The van der Waals surface area contributed by atoms with Crippen molar-refractivity contribution >= 4 is 11.6 Å². The third kappa shape index (κ3) is 4.21. The predicted molar refractivity (Wildman–Crippen MR) is 105 cm³/mol. The SMILES string of the molecule is O=C(Nc1ccccc1C(F)(F)F)c1ccc(-n2nc(C(F)(F)F)c3c2CCCC3)cc1. The highest BCUT2D eigenvalue weighted by atomic mass is 19.4. The summed E-state index contributed by atoms with van der Waals surface area (Å²) in [6.07, 6.45) is -7.06. The zero-order chi connectivity index (χ0) is 23.1. The Morgan fingerprint density at radius 1 is 0.875 bits per heavy atom. The molecule has 1 aromatic heterocycles. The topological polar surface area (TPSA) is 46.9 Å². The summed E-state index contributed by atoms with van der Waals surface area (Å²) < 4.78 is 80.8. The minimum atomic E-state index is -4.64. The van der Waals surface area contributed by atoms with Crippen LogP contribution in [0.3, 0.4) is 0 Å². The van der Waals surface area contributed by atoms with Gasteiger partial charge in [-0.25, -0.2) is 4.68 Å². The number of nitrogens with zero attached hydrogens (tertiary/aromatic N) is 2. The highest BCUT2D eigenvalue weighted by Crippen LogP contribution is 2.37. The van der Waals surface area contributed by atoms with Crippen molar-refractivity contribution in [2.24, 2.45) is 0 Å². The first-order valence-electron chi connectivity index (χ1n) is 9.81. The number of benzene rings is 2. The Morgan fingerprint density at radius 2 is 1.53 bits per heavy atom. The first-order chi connectivity index (χ1) is 15.1. The van der Waals surface area contributed by atoms with Gasteiger partial charge in [-0.3, -0.25) is 4.79 Å². The minimum absolute atomic E-state index is 0.0581. The Kier molecular flexibility index (Phi) is 5.47. The monoisotopic (exact) mass is 453 g/mol. The fraction of sp³-hybridized carbons (Fsp3) is 0.273. The van der Waals surface area contributed by atoms with Crippen molar-refractivity contribution in [1.29, 1.82) is 0 Å². The molecule has 32 heavy (non-hydrogen) atoms. The zero-order valence-corrected chi connectivity index (χ0v) is 16.5. The number of fused-ring (bicyclic) bond motifs is 1. The molecule has 4 rings (SSSR count). The first kappa shape index (κ1) is 21.9. The summed E-state index contributed by atoms with van der Waals surface area (Å²) in [7, 11) is 0. The molecule has 168 valence electrons. The molecule has 0 aliphatic heterocycles. The molecule has 0 spiro atoms. The fourth-order valence-corrected chi connectivity index (χ4v) is 3.83. The number of para-hydroxylation sites is 1. The van der Waals surface area contributed by atoms with Gasteiger partial charge in [-0.2, -0.15) is 31.4 Å². The lowest BCUT2D eigenvalue weighted by Gasteiger charge is -2.15. The Morgan fingerprint density at radius 3 is 2.19 bits per heavy atom. The number of alkyl halides is 6. The molecule has 1 amide bonds. The normalized spacial score (nSPS) is 14.2. The number of carbonyl (C=O) groups is 1. The third-order valence-corrected chi connectivity index (χ3v) is 5.30. The molecule has 10 heteroatoms. The number of carbonyl (C=O) groups excluding carboxylic acids is 1. The molecule has 0 fully saturated rings. The van der Waals surface area contributed by atoms with Crippen LogP contribution in [0.1, 0.15) is 45.7 Å². The van der Waals surface area contributed by atoms with Gasteiger partial charge in [0.05, 0.1) is 16.9 Å². The van der Waals surface area contributed by atoms with Crippen LogP contribution >= 0.6 is 0 Å². The summed E-state index contributed by atoms with van der Waals surface area (Å²) in [4.78, 5) is 12.5. The maximum Gasteiger partial charge on any atom is 0.435 e. The molecule has 3 aromatic rings. The van der Waals surface area contributed by atoms with E-state index < -0.39 is 29.5 Å². The summed E-state index contributed by atoms with van der Waals surface area (Å²) in [6, 6.07) is 10.1. The fourth-order valence-electron chi connectivity index (χ4n) is 3.83. The molecule has 1 aliphatic rings. The number of halogens is 6. The zero-order valence-electron chi connectivity index (χ0n) is 16.5. The first-order valence-corrected chi connectivity index (χ1v) is 9.81. The smallest absolute Gasteiger partial charge is 0.321 e. The van der Waals surface area contributed by atoms with Crippen LogP contribution in [0.15, 0.2) is 48.5 Å². The molecule has 2 aromatic carbocycles. The highest BCUT2D eigenvalue weighted by Gasteiger charge is 2.39. The number of anilines is 1. The quantitative estimate of drug-likeness (QED) is 0.492. The highest BCUT2D eigenvalue weighted by molar-refractivity contribution is 6.04. The van der Waals surface area contributed by atoms with E-state index in [1.165, 1.54) is 41.1 Å². The van der Waals surface area contributed by atoms with Gasteiger partial charge in [-0.05, 0) is 62.1 Å². The molecule has 0 saturated carbocycles. The van der Waals surface area contributed by atoms with E-state index in [1.54, 1.807) is 0 Å². The van der Waals surface area contributed by atoms with Crippen molar-refractivity contribution in [3.8, 4) is 5.69 Å². The average molecular weight is 453 g/mol. The van der Waals surface area contributed by atoms with Gasteiger partial charge in [0.15, 0.2) is 5.69 Å². The molecule has 0 atom stereocenters. The molecular weight excluding hydrogens is 436 g/mol. The van der Waals surface area contributed by atoms with Crippen molar-refractivity contribution < 1.29 is 31.1 Å². The van der Waals surface area contributed by atoms with E-state index in [4.69, 9.17) is 0 Å². The second kappa shape index (κ2) is 7.99. The van der Waals surface area contributed by atoms with E-state index >= 15 is 0 Å². The molecule has 1 heterocycles. The second-order valence-electron chi connectivity index (χ2n) is 7.43. The standard InChI is InChI=1S/C22H17F6N3O/c23-21(24,25)16-6-2-3-7-17(16)29-20(32)13-9-11-14(12-10-13)31-18-8-4-1-5-15(18)19(30-31)22(26,27)28/h2-3,6-7,9-12H,1,4-5,8H2,(H,29,32). The molecule has 0 bridgehead atoms. The van der Waals surface area contributed by atoms with E-state index in [2.05, 4.69) is 10.4 Å². The number of aromatic nitrogens is 2. The number of nitrogens with one attached hydrogen (secondary N) is 1. The number of hydrogen-bond acceptors (Lipinski definition) is 2. The molecule has 4 nitrogen and oxygen atoms in total. The summed E-state index contributed by atoms with van der Waals surface area (Å²) in [5, 5.41) is 6.02. The summed E-state index contributed by atoms with van der Waals surface area (Å²) in [5.74, 6) is -0.772. The van der Waals surface area contributed by atoms with Gasteiger partial charge in [-0.1, -0.05) is 12.1 Å². The van der Waals surface area contributed by atoms with Crippen molar-refractivity contribution in [2.75, 3.05) is 5.32 Å². The van der Waals surface area contributed by atoms with Crippen LogP contribution in [-0.4, -0.2) is 15.7 Å². The number of hydrogen-bond donors (Lipinski definition) is 1. The maximum atomic E-state index is 13.4. The van der Waals surface area contributed by atoms with Gasteiger partial charge in [0.25, 0.3) is 5.91 Å². The van der Waals surface area contributed by atoms with E-state index in [1.807, 2.05) is 0 Å². The average Bonchev–Trinajstić information content (AvgIpc) is 3.14. The van der Waals surface area contributed by atoms with Crippen LogP contribution in [0.5, 0.6) is 0 Å². The maximum absolute atomic E-state index is 13.4. The van der Waals surface area contributed by atoms with Gasteiger partial charge in [0.1, 0.15) is 0 Å². The lowest BCUT2D eigenvalue weighted by molar-refractivity contribution is -0.142. The van der Waals surface area contributed by atoms with Crippen molar-refractivity contribution in [2.45, 2.75) is 38.0 Å². The summed E-state index contributed by atoms with van der Waals surface area (Å²) >= 11 is 0. The van der Waals surface area contributed by atoms with Crippen LogP contribution in [0, 0.1) is 0 Å². The molecule has 0 radical (unpaired) electrons. The largest absolute Gasteiger partial charge is 0.435 e. The van der Waals surface area contributed by atoms with Crippen LogP contribution in [0.2, 0.25) is 0 Å². The minimum Gasteiger partial charge on any atom is -0.321 e. The summed E-state index contributed by atoms with van der Waals surface area (Å²) in [6.45, 7) is 0.